The first-order valence-electron chi connectivity index (χ1n) is 9.62. The van der Waals surface area contributed by atoms with Crippen LogP contribution in [-0.2, 0) is 4.74 Å². The van der Waals surface area contributed by atoms with Gasteiger partial charge in [0.15, 0.2) is 5.96 Å². The normalized spacial score (nSPS) is 15.5. The Morgan fingerprint density at radius 2 is 1.96 bits per heavy atom. The highest BCUT2D eigenvalue weighted by atomic mass is 16.5. The zero-order chi connectivity index (χ0) is 17.7. The molecule has 0 aromatic carbocycles. The van der Waals surface area contributed by atoms with Crippen LogP contribution in [0.25, 0.3) is 0 Å². The van der Waals surface area contributed by atoms with Gasteiger partial charge < -0.3 is 19.9 Å². The van der Waals surface area contributed by atoms with Crippen LogP contribution >= 0.6 is 0 Å². The summed E-state index contributed by atoms with van der Waals surface area (Å²) in [7, 11) is 0. The molecule has 0 bridgehead atoms. The molecule has 25 heavy (non-hydrogen) atoms. The van der Waals surface area contributed by atoms with Crippen molar-refractivity contribution in [3.05, 3.63) is 24.4 Å². The van der Waals surface area contributed by atoms with Crippen molar-refractivity contribution in [3.63, 3.8) is 0 Å². The number of unbranched alkanes of at least 4 members (excludes halogenated alkanes) is 1. The van der Waals surface area contributed by atoms with E-state index >= 15 is 0 Å². The van der Waals surface area contributed by atoms with Crippen molar-refractivity contribution in [2.75, 3.05) is 57.4 Å². The summed E-state index contributed by atoms with van der Waals surface area (Å²) in [6.45, 7) is 11.6. The summed E-state index contributed by atoms with van der Waals surface area (Å²) >= 11 is 0. The van der Waals surface area contributed by atoms with Gasteiger partial charge in [-0.15, -0.1) is 0 Å². The second kappa shape index (κ2) is 11.7. The van der Waals surface area contributed by atoms with E-state index < -0.39 is 0 Å². The van der Waals surface area contributed by atoms with Crippen molar-refractivity contribution >= 4 is 11.8 Å². The number of rotatable bonds is 9. The molecule has 1 aromatic rings. The Morgan fingerprint density at radius 1 is 1.16 bits per heavy atom. The van der Waals surface area contributed by atoms with E-state index in [9.17, 15) is 0 Å². The van der Waals surface area contributed by atoms with Crippen LogP contribution in [0.1, 0.15) is 33.1 Å². The standard InChI is InChI=1S/C19H33N5O/c1-3-5-16-25-17-8-11-22-19(20-4-2)24-14-12-23(13-15-24)18-9-6-7-10-21-18/h6-7,9-10H,3-5,8,11-17H2,1-2H3,(H,20,22). The van der Waals surface area contributed by atoms with Crippen LogP contribution in [0.3, 0.4) is 0 Å². The fraction of sp³-hybridized carbons (Fsp3) is 0.684. The zero-order valence-electron chi connectivity index (χ0n) is 15.8. The van der Waals surface area contributed by atoms with Gasteiger partial charge in [0.1, 0.15) is 5.82 Å². The van der Waals surface area contributed by atoms with Crippen LogP contribution in [0.5, 0.6) is 0 Å². The Kier molecular flexibility index (Phi) is 9.12. The van der Waals surface area contributed by atoms with E-state index in [2.05, 4.69) is 40.0 Å². The lowest BCUT2D eigenvalue weighted by atomic mass is 10.3. The first-order chi connectivity index (χ1) is 12.3. The van der Waals surface area contributed by atoms with Crippen molar-refractivity contribution in [1.29, 1.82) is 0 Å². The van der Waals surface area contributed by atoms with Gasteiger partial charge in [0.05, 0.1) is 0 Å². The monoisotopic (exact) mass is 347 g/mol. The second-order valence-electron chi connectivity index (χ2n) is 6.22. The lowest BCUT2D eigenvalue weighted by Crippen LogP contribution is -2.52. The Hall–Kier alpha value is -1.82. The van der Waals surface area contributed by atoms with E-state index in [1.807, 2.05) is 18.3 Å². The van der Waals surface area contributed by atoms with Crippen LogP contribution in [0.2, 0.25) is 0 Å². The molecule has 0 saturated carbocycles. The molecule has 0 atom stereocenters. The summed E-state index contributed by atoms with van der Waals surface area (Å²) in [5.41, 5.74) is 0. The van der Waals surface area contributed by atoms with Crippen LogP contribution in [0.15, 0.2) is 29.4 Å². The highest BCUT2D eigenvalue weighted by molar-refractivity contribution is 5.80. The maximum Gasteiger partial charge on any atom is 0.194 e. The molecule has 140 valence electrons. The molecule has 0 unspecified atom stereocenters. The van der Waals surface area contributed by atoms with Gasteiger partial charge in [-0.05, 0) is 31.9 Å². The summed E-state index contributed by atoms with van der Waals surface area (Å²) in [5, 5.41) is 3.42. The maximum absolute atomic E-state index is 5.61. The van der Waals surface area contributed by atoms with E-state index in [-0.39, 0.29) is 0 Å². The number of piperazine rings is 1. The Bertz CT molecular complexity index is 486. The molecule has 1 aromatic heterocycles. The van der Waals surface area contributed by atoms with Gasteiger partial charge in [0, 0.05) is 58.7 Å². The van der Waals surface area contributed by atoms with Gasteiger partial charge in [0.2, 0.25) is 0 Å². The molecule has 2 rings (SSSR count). The number of pyridine rings is 1. The molecule has 1 fully saturated rings. The van der Waals surface area contributed by atoms with Gasteiger partial charge in [-0.25, -0.2) is 4.98 Å². The second-order valence-corrected chi connectivity index (χ2v) is 6.22. The number of aliphatic imine (C=N–C) groups is 1. The third-order valence-corrected chi connectivity index (χ3v) is 4.24. The van der Waals surface area contributed by atoms with Gasteiger partial charge in [-0.1, -0.05) is 19.4 Å². The molecule has 0 aliphatic carbocycles. The Balaban J connectivity index is 1.75. The molecule has 1 N–H and O–H groups in total. The van der Waals surface area contributed by atoms with E-state index in [0.717, 1.165) is 77.1 Å². The first-order valence-corrected chi connectivity index (χ1v) is 9.62. The molecular formula is C19H33N5O. The molecule has 2 heterocycles. The van der Waals surface area contributed by atoms with Crippen molar-refractivity contribution in [2.45, 2.75) is 33.1 Å². The van der Waals surface area contributed by atoms with E-state index in [1.54, 1.807) is 0 Å². The number of hydrogen-bond acceptors (Lipinski definition) is 4. The smallest absolute Gasteiger partial charge is 0.194 e. The fourth-order valence-corrected chi connectivity index (χ4v) is 2.81. The predicted octanol–water partition coefficient (Wildman–Crippen LogP) is 2.38. The lowest BCUT2D eigenvalue weighted by Gasteiger charge is -2.37. The van der Waals surface area contributed by atoms with Crippen molar-refractivity contribution in [1.82, 2.24) is 15.2 Å². The van der Waals surface area contributed by atoms with Crippen LogP contribution in [0.4, 0.5) is 5.82 Å². The first kappa shape index (κ1) is 19.5. The number of aromatic nitrogens is 1. The molecule has 0 amide bonds. The fourth-order valence-electron chi connectivity index (χ4n) is 2.81. The van der Waals surface area contributed by atoms with Gasteiger partial charge in [-0.2, -0.15) is 0 Å². The Morgan fingerprint density at radius 3 is 2.64 bits per heavy atom. The Labute approximate surface area is 152 Å². The van der Waals surface area contributed by atoms with Crippen LogP contribution < -0.4 is 10.2 Å². The summed E-state index contributed by atoms with van der Waals surface area (Å²) in [4.78, 5) is 13.9. The minimum Gasteiger partial charge on any atom is -0.381 e. The van der Waals surface area contributed by atoms with E-state index in [1.165, 1.54) is 6.42 Å². The highest BCUT2D eigenvalue weighted by Crippen LogP contribution is 2.12. The molecule has 1 aliphatic rings. The third kappa shape index (κ3) is 6.90. The van der Waals surface area contributed by atoms with E-state index in [0.29, 0.717) is 0 Å². The summed E-state index contributed by atoms with van der Waals surface area (Å²) in [6, 6.07) is 6.08. The number of nitrogens with zero attached hydrogens (tertiary/aromatic N) is 4. The number of guanidine groups is 1. The predicted molar refractivity (Wildman–Crippen MR) is 104 cm³/mol. The van der Waals surface area contributed by atoms with Crippen molar-refractivity contribution in [2.24, 2.45) is 4.99 Å². The van der Waals surface area contributed by atoms with Crippen LogP contribution in [0, 0.1) is 0 Å². The quantitative estimate of drug-likeness (QED) is 0.422. The summed E-state index contributed by atoms with van der Waals surface area (Å²) < 4.78 is 5.61. The van der Waals surface area contributed by atoms with Gasteiger partial charge in [-0.3, -0.25) is 4.99 Å². The van der Waals surface area contributed by atoms with Crippen molar-refractivity contribution in [3.8, 4) is 0 Å². The average Bonchev–Trinajstić information content (AvgIpc) is 2.67. The third-order valence-electron chi connectivity index (χ3n) is 4.24. The molecule has 6 nitrogen and oxygen atoms in total. The number of hydrogen-bond donors (Lipinski definition) is 1. The molecular weight excluding hydrogens is 314 g/mol. The summed E-state index contributed by atoms with van der Waals surface area (Å²) in [5.74, 6) is 2.09. The topological polar surface area (TPSA) is 53.0 Å². The number of ether oxygens (including phenoxy) is 1. The summed E-state index contributed by atoms with van der Waals surface area (Å²) in [6.07, 6.45) is 5.17. The molecule has 1 aliphatic heterocycles. The maximum atomic E-state index is 5.61. The number of anilines is 1. The average molecular weight is 348 g/mol. The van der Waals surface area contributed by atoms with E-state index in [4.69, 9.17) is 9.73 Å². The number of nitrogens with one attached hydrogen (secondary N) is 1. The molecule has 1 saturated heterocycles. The molecule has 0 radical (unpaired) electrons. The SMILES string of the molecule is CCCCOCCCN=C(NCC)N1CCN(c2ccccn2)CC1. The molecule has 6 heteroatoms. The zero-order valence-corrected chi connectivity index (χ0v) is 15.8. The highest BCUT2D eigenvalue weighted by Gasteiger charge is 2.20. The van der Waals surface area contributed by atoms with Crippen LogP contribution in [-0.4, -0.2) is 68.3 Å². The molecule has 0 spiro atoms. The van der Waals surface area contributed by atoms with Crippen molar-refractivity contribution < 1.29 is 4.74 Å². The minimum absolute atomic E-state index is 0.802. The largest absolute Gasteiger partial charge is 0.381 e. The van der Waals surface area contributed by atoms with Gasteiger partial charge in [0.25, 0.3) is 0 Å². The van der Waals surface area contributed by atoms with Gasteiger partial charge >= 0.3 is 0 Å². The minimum atomic E-state index is 0.802. The lowest BCUT2D eigenvalue weighted by molar-refractivity contribution is 0.130.